The number of likely N-dealkylation sites (tertiary alicyclic amines) is 1. The zero-order valence-corrected chi connectivity index (χ0v) is 22.6. The molecular formula is C24H34BrFN4O4S. The van der Waals surface area contributed by atoms with Gasteiger partial charge in [-0.05, 0) is 59.7 Å². The second-order valence-corrected chi connectivity index (χ2v) is 11.7. The summed E-state index contributed by atoms with van der Waals surface area (Å²) < 4.78 is 14.0. The molecule has 0 spiro atoms. The fourth-order valence-electron chi connectivity index (χ4n) is 4.36. The van der Waals surface area contributed by atoms with E-state index in [0.717, 1.165) is 3.79 Å². The van der Waals surface area contributed by atoms with Crippen LogP contribution < -0.4 is 11.5 Å². The summed E-state index contributed by atoms with van der Waals surface area (Å²) in [4.78, 5) is 57.5. The van der Waals surface area contributed by atoms with Crippen LogP contribution in [-0.2, 0) is 14.4 Å². The van der Waals surface area contributed by atoms with Gasteiger partial charge in [0, 0.05) is 37.8 Å². The molecule has 2 heterocycles. The number of nitrogens with two attached hydrogens (primary N) is 2. The highest BCUT2D eigenvalue weighted by atomic mass is 79.9. The molecule has 0 bridgehead atoms. The number of hydrogen-bond acceptors (Lipinski definition) is 6. The summed E-state index contributed by atoms with van der Waals surface area (Å²) >= 11 is 4.68. The summed E-state index contributed by atoms with van der Waals surface area (Å²) in [6.45, 7) is 3.33. The molecule has 1 saturated heterocycles. The Morgan fingerprint density at radius 3 is 2.51 bits per heavy atom. The van der Waals surface area contributed by atoms with Crippen molar-refractivity contribution in [2.24, 2.45) is 34.2 Å². The first kappa shape index (κ1) is 29.1. The normalized spacial score (nSPS) is 17.3. The minimum atomic E-state index is -1.15. The van der Waals surface area contributed by atoms with E-state index in [-0.39, 0.29) is 55.2 Å². The molecule has 1 amide bonds. The average molecular weight is 574 g/mol. The summed E-state index contributed by atoms with van der Waals surface area (Å²) in [7, 11) is 0. The van der Waals surface area contributed by atoms with E-state index in [0.29, 0.717) is 30.7 Å². The number of Topliss-reactive ketones (excluding diaryl/α,β-unsaturated/α-hetero) is 3. The van der Waals surface area contributed by atoms with Crippen LogP contribution >= 0.6 is 27.3 Å². The average Bonchev–Trinajstić information content (AvgIpc) is 3.47. The highest BCUT2D eigenvalue weighted by molar-refractivity contribution is 9.11. The van der Waals surface area contributed by atoms with E-state index in [4.69, 9.17) is 11.5 Å². The number of thiophene rings is 1. The van der Waals surface area contributed by atoms with Crippen LogP contribution in [0.25, 0.3) is 0 Å². The molecule has 4 N–H and O–H groups in total. The molecule has 0 aliphatic carbocycles. The first-order valence-electron chi connectivity index (χ1n) is 11.8. The Morgan fingerprint density at radius 1 is 1.23 bits per heavy atom. The number of amides is 1. The van der Waals surface area contributed by atoms with Gasteiger partial charge >= 0.3 is 0 Å². The first-order valence-corrected chi connectivity index (χ1v) is 13.4. The SMILES string of the molecule is CC(C)[C@H](CC(=O)c1ccc(Br)s1)C(=O)N1CCC[C@H]1C(=O)C[C@@H](CCCN=C(N)N)C(=O)CF. The van der Waals surface area contributed by atoms with Gasteiger partial charge in [0.1, 0.15) is 6.67 Å². The number of aliphatic imine (C=N–C) groups is 1. The number of ketones is 3. The maximum atomic E-state index is 13.5. The Balaban J connectivity index is 2.08. The van der Waals surface area contributed by atoms with E-state index in [2.05, 4.69) is 20.9 Å². The number of carbonyl (C=O) groups excluding carboxylic acids is 4. The van der Waals surface area contributed by atoms with Gasteiger partial charge in [0.25, 0.3) is 0 Å². The van der Waals surface area contributed by atoms with Crippen molar-refractivity contribution in [3.8, 4) is 0 Å². The van der Waals surface area contributed by atoms with E-state index in [1.807, 2.05) is 13.8 Å². The van der Waals surface area contributed by atoms with Crippen molar-refractivity contribution in [2.45, 2.75) is 58.4 Å². The maximum Gasteiger partial charge on any atom is 0.227 e. The molecule has 11 heteroatoms. The van der Waals surface area contributed by atoms with Gasteiger partial charge in [-0.25, -0.2) is 4.39 Å². The van der Waals surface area contributed by atoms with Crippen LogP contribution in [0.15, 0.2) is 20.9 Å². The Morgan fingerprint density at radius 2 is 1.94 bits per heavy atom. The molecule has 1 aromatic heterocycles. The van der Waals surface area contributed by atoms with Crippen molar-refractivity contribution in [1.82, 2.24) is 4.90 Å². The van der Waals surface area contributed by atoms with E-state index in [9.17, 15) is 23.6 Å². The van der Waals surface area contributed by atoms with Crippen molar-refractivity contribution >= 4 is 56.5 Å². The number of carbonyl (C=O) groups is 4. The molecule has 0 radical (unpaired) electrons. The molecule has 1 aliphatic heterocycles. The minimum absolute atomic E-state index is 0.0641. The van der Waals surface area contributed by atoms with Gasteiger partial charge in [-0.2, -0.15) is 0 Å². The third-order valence-corrected chi connectivity index (χ3v) is 7.99. The number of guanidine groups is 1. The van der Waals surface area contributed by atoms with E-state index < -0.39 is 30.3 Å². The van der Waals surface area contributed by atoms with Crippen LogP contribution in [0.5, 0.6) is 0 Å². The largest absolute Gasteiger partial charge is 0.370 e. The van der Waals surface area contributed by atoms with Crippen molar-refractivity contribution in [2.75, 3.05) is 19.8 Å². The van der Waals surface area contributed by atoms with Crippen LogP contribution in [0.4, 0.5) is 4.39 Å². The number of rotatable bonds is 14. The standard InChI is InChI=1S/C24H34BrFN4O4S/c1-14(2)16(12-19(32)21-7-8-22(25)35-21)23(34)30-10-4-6-17(30)18(31)11-15(20(33)13-26)5-3-9-29-24(27)28/h7-8,14-17H,3-6,9-13H2,1-2H3,(H4,27,28,29)/t15-,16+,17+/m1/s1. The van der Waals surface area contributed by atoms with Gasteiger partial charge in [-0.1, -0.05) is 13.8 Å². The van der Waals surface area contributed by atoms with Crippen LogP contribution in [0, 0.1) is 17.8 Å². The molecule has 8 nitrogen and oxygen atoms in total. The molecule has 2 rings (SSSR count). The van der Waals surface area contributed by atoms with Gasteiger partial charge < -0.3 is 16.4 Å². The first-order chi connectivity index (χ1) is 16.5. The van der Waals surface area contributed by atoms with Gasteiger partial charge in [-0.3, -0.25) is 24.2 Å². The quantitative estimate of drug-likeness (QED) is 0.151. The van der Waals surface area contributed by atoms with Crippen LogP contribution in [0.1, 0.15) is 62.0 Å². The Hall–Kier alpha value is -2.14. The second kappa shape index (κ2) is 13.8. The zero-order valence-electron chi connectivity index (χ0n) is 20.2. The van der Waals surface area contributed by atoms with Gasteiger partial charge in [0.05, 0.1) is 14.7 Å². The zero-order chi connectivity index (χ0) is 26.1. The lowest BCUT2D eigenvalue weighted by Gasteiger charge is -2.30. The predicted molar refractivity (Wildman–Crippen MR) is 138 cm³/mol. The number of hydrogen-bond donors (Lipinski definition) is 2. The summed E-state index contributed by atoms with van der Waals surface area (Å²) in [6.07, 6.45) is 1.80. The van der Waals surface area contributed by atoms with Gasteiger partial charge in [-0.15, -0.1) is 11.3 Å². The summed E-state index contributed by atoms with van der Waals surface area (Å²) in [6, 6.07) is 2.87. The lowest BCUT2D eigenvalue weighted by Crippen LogP contribution is -2.45. The molecule has 0 aromatic carbocycles. The van der Waals surface area contributed by atoms with Crippen LogP contribution in [-0.4, -0.2) is 59.9 Å². The summed E-state index contributed by atoms with van der Waals surface area (Å²) in [5.74, 6) is -2.71. The third kappa shape index (κ3) is 8.49. The van der Waals surface area contributed by atoms with Crippen molar-refractivity contribution < 1.29 is 23.6 Å². The minimum Gasteiger partial charge on any atom is -0.370 e. The van der Waals surface area contributed by atoms with Crippen molar-refractivity contribution in [3.63, 3.8) is 0 Å². The van der Waals surface area contributed by atoms with Crippen molar-refractivity contribution in [1.29, 1.82) is 0 Å². The van der Waals surface area contributed by atoms with Gasteiger partial charge in [0.15, 0.2) is 23.3 Å². The lowest BCUT2D eigenvalue weighted by atomic mass is 9.87. The number of nitrogens with zero attached hydrogens (tertiary/aromatic N) is 2. The molecule has 1 aliphatic rings. The molecule has 3 atom stereocenters. The monoisotopic (exact) mass is 572 g/mol. The topological polar surface area (TPSA) is 136 Å². The highest BCUT2D eigenvalue weighted by Crippen LogP contribution is 2.30. The molecule has 35 heavy (non-hydrogen) atoms. The molecule has 194 valence electrons. The van der Waals surface area contributed by atoms with Gasteiger partial charge in [0.2, 0.25) is 5.91 Å². The Labute approximate surface area is 217 Å². The fourth-order valence-corrected chi connectivity index (χ4v) is 5.70. The summed E-state index contributed by atoms with van der Waals surface area (Å²) in [5, 5.41) is 0. The molecule has 0 saturated carbocycles. The predicted octanol–water partition coefficient (Wildman–Crippen LogP) is 3.51. The van der Waals surface area contributed by atoms with E-state index in [1.165, 1.54) is 11.3 Å². The Bertz CT molecular complexity index is 948. The highest BCUT2D eigenvalue weighted by Gasteiger charge is 2.39. The van der Waals surface area contributed by atoms with Crippen LogP contribution in [0.3, 0.4) is 0 Å². The molecular weight excluding hydrogens is 539 g/mol. The lowest BCUT2D eigenvalue weighted by molar-refractivity contribution is -0.142. The number of halogens is 2. The maximum absolute atomic E-state index is 13.5. The Kier molecular flexibility index (Phi) is 11.5. The number of alkyl halides is 1. The summed E-state index contributed by atoms with van der Waals surface area (Å²) in [5.41, 5.74) is 10.6. The van der Waals surface area contributed by atoms with E-state index >= 15 is 0 Å². The molecule has 1 fully saturated rings. The van der Waals surface area contributed by atoms with E-state index in [1.54, 1.807) is 17.0 Å². The molecule has 1 aromatic rings. The smallest absolute Gasteiger partial charge is 0.227 e. The molecule has 0 unspecified atom stereocenters. The van der Waals surface area contributed by atoms with Crippen LogP contribution in [0.2, 0.25) is 0 Å². The van der Waals surface area contributed by atoms with Crippen molar-refractivity contribution in [3.05, 3.63) is 20.8 Å². The second-order valence-electron chi connectivity index (χ2n) is 9.19. The fraction of sp³-hybridized carbons (Fsp3) is 0.625. The third-order valence-electron chi connectivity index (χ3n) is 6.32.